The van der Waals surface area contributed by atoms with E-state index in [1.54, 1.807) is 23.1 Å². The lowest BCUT2D eigenvalue weighted by atomic mass is 10.1. The topological polar surface area (TPSA) is 66.9 Å². The van der Waals surface area contributed by atoms with Crippen LogP contribution in [0.3, 0.4) is 0 Å². The molecule has 2 unspecified atom stereocenters. The van der Waals surface area contributed by atoms with Crippen molar-refractivity contribution in [3.63, 3.8) is 0 Å². The van der Waals surface area contributed by atoms with Gasteiger partial charge in [-0.05, 0) is 30.7 Å². The highest BCUT2D eigenvalue weighted by Gasteiger charge is 2.36. The Balaban J connectivity index is 1.41. The molecule has 4 rings (SSSR count). The first-order chi connectivity index (χ1) is 13.9. The molecule has 3 amide bonds. The average Bonchev–Trinajstić information content (AvgIpc) is 2.96. The lowest BCUT2D eigenvalue weighted by Crippen LogP contribution is -2.47. The number of imide groups is 1. The van der Waals surface area contributed by atoms with Gasteiger partial charge >= 0.3 is 0 Å². The monoisotopic (exact) mass is 456 g/mol. The number of benzene rings is 2. The molecule has 0 spiro atoms. The summed E-state index contributed by atoms with van der Waals surface area (Å²) in [7, 11) is 0. The second-order valence-electron chi connectivity index (χ2n) is 7.35. The normalized spacial score (nSPS) is 21.4. The van der Waals surface area contributed by atoms with E-state index in [0.29, 0.717) is 24.2 Å². The van der Waals surface area contributed by atoms with Crippen LogP contribution >= 0.6 is 15.9 Å². The first-order valence-corrected chi connectivity index (χ1v) is 10.4. The van der Waals surface area contributed by atoms with Crippen molar-refractivity contribution in [2.45, 2.75) is 25.6 Å². The fourth-order valence-electron chi connectivity index (χ4n) is 3.84. The fourth-order valence-corrected chi connectivity index (χ4v) is 4.20. The molecule has 2 atom stereocenters. The van der Waals surface area contributed by atoms with Crippen molar-refractivity contribution in [3.8, 4) is 0 Å². The van der Waals surface area contributed by atoms with Crippen LogP contribution in [0.1, 0.15) is 45.7 Å². The molecule has 2 heterocycles. The zero-order valence-corrected chi connectivity index (χ0v) is 17.6. The van der Waals surface area contributed by atoms with Gasteiger partial charge < -0.3 is 9.64 Å². The van der Waals surface area contributed by atoms with Crippen LogP contribution in [-0.4, -0.2) is 53.3 Å². The van der Waals surface area contributed by atoms with Crippen LogP contribution in [0.25, 0.3) is 0 Å². The molecule has 1 saturated heterocycles. The molecule has 2 aromatic rings. The van der Waals surface area contributed by atoms with Crippen LogP contribution in [0.15, 0.2) is 53.0 Å². The Kier molecular flexibility index (Phi) is 5.52. The van der Waals surface area contributed by atoms with E-state index >= 15 is 0 Å². The van der Waals surface area contributed by atoms with Crippen LogP contribution < -0.4 is 0 Å². The summed E-state index contributed by atoms with van der Waals surface area (Å²) < 4.78 is 6.74. The van der Waals surface area contributed by atoms with Gasteiger partial charge in [-0.1, -0.05) is 46.3 Å². The van der Waals surface area contributed by atoms with Gasteiger partial charge in [-0.15, -0.1) is 0 Å². The summed E-state index contributed by atoms with van der Waals surface area (Å²) in [5, 5.41) is 0. The SMILES string of the molecule is CC1CN(C(=O)CCN2C(=O)c3ccc(Br)cc3C2=O)CC(c2ccccc2)O1. The van der Waals surface area contributed by atoms with Gasteiger partial charge in [0.2, 0.25) is 5.91 Å². The molecule has 150 valence electrons. The number of rotatable bonds is 4. The third kappa shape index (κ3) is 3.97. The number of carbonyl (C=O) groups excluding carboxylic acids is 3. The van der Waals surface area contributed by atoms with E-state index < -0.39 is 0 Å². The van der Waals surface area contributed by atoms with Crippen molar-refractivity contribution in [3.05, 3.63) is 69.7 Å². The van der Waals surface area contributed by atoms with Crippen molar-refractivity contribution >= 4 is 33.7 Å². The minimum absolute atomic E-state index is 0.0739. The Bertz CT molecular complexity index is 963. The minimum atomic E-state index is -0.350. The summed E-state index contributed by atoms with van der Waals surface area (Å²) in [5.74, 6) is -0.779. The molecule has 0 radical (unpaired) electrons. The Labute approximate surface area is 177 Å². The van der Waals surface area contributed by atoms with Gasteiger partial charge in [0.25, 0.3) is 11.8 Å². The Morgan fingerprint density at radius 1 is 1.07 bits per heavy atom. The molecule has 7 heteroatoms. The third-order valence-electron chi connectivity index (χ3n) is 5.27. The van der Waals surface area contributed by atoms with Gasteiger partial charge in [0.05, 0.1) is 23.8 Å². The molecule has 0 bridgehead atoms. The molecule has 2 aliphatic rings. The van der Waals surface area contributed by atoms with E-state index in [1.165, 1.54) is 0 Å². The summed E-state index contributed by atoms with van der Waals surface area (Å²) in [4.78, 5) is 40.9. The number of ether oxygens (including phenoxy) is 1. The van der Waals surface area contributed by atoms with Crippen molar-refractivity contribution < 1.29 is 19.1 Å². The molecule has 0 saturated carbocycles. The first kappa shape index (κ1) is 19.8. The van der Waals surface area contributed by atoms with Crippen LogP contribution in [0.2, 0.25) is 0 Å². The number of carbonyl (C=O) groups is 3. The van der Waals surface area contributed by atoms with Crippen LogP contribution in [-0.2, 0) is 9.53 Å². The smallest absolute Gasteiger partial charge is 0.261 e. The Morgan fingerprint density at radius 3 is 2.55 bits per heavy atom. The number of hydrogen-bond donors (Lipinski definition) is 0. The largest absolute Gasteiger partial charge is 0.367 e. The molecular weight excluding hydrogens is 436 g/mol. The molecule has 2 aliphatic heterocycles. The van der Waals surface area contributed by atoms with Crippen LogP contribution in [0.4, 0.5) is 0 Å². The van der Waals surface area contributed by atoms with E-state index in [-0.39, 0.29) is 42.9 Å². The summed E-state index contributed by atoms with van der Waals surface area (Å²) in [6.07, 6.45) is -0.170. The summed E-state index contributed by atoms with van der Waals surface area (Å²) in [6, 6.07) is 14.8. The van der Waals surface area contributed by atoms with Gasteiger partial charge in [-0.3, -0.25) is 19.3 Å². The number of morpholine rings is 1. The maximum atomic E-state index is 12.8. The van der Waals surface area contributed by atoms with Gasteiger partial charge in [-0.25, -0.2) is 0 Å². The second-order valence-corrected chi connectivity index (χ2v) is 8.26. The molecule has 0 aliphatic carbocycles. The third-order valence-corrected chi connectivity index (χ3v) is 5.76. The molecule has 0 aromatic heterocycles. The van der Waals surface area contributed by atoms with Gasteiger partial charge in [0.1, 0.15) is 6.10 Å². The highest BCUT2D eigenvalue weighted by atomic mass is 79.9. The van der Waals surface area contributed by atoms with Gasteiger partial charge in [-0.2, -0.15) is 0 Å². The minimum Gasteiger partial charge on any atom is -0.367 e. The second kappa shape index (κ2) is 8.08. The number of nitrogens with zero attached hydrogens (tertiary/aromatic N) is 2. The molecule has 2 aromatic carbocycles. The summed E-state index contributed by atoms with van der Waals surface area (Å²) in [6.45, 7) is 2.97. The van der Waals surface area contributed by atoms with E-state index in [0.717, 1.165) is 14.9 Å². The zero-order chi connectivity index (χ0) is 20.5. The number of amides is 3. The maximum absolute atomic E-state index is 12.8. The van der Waals surface area contributed by atoms with Crippen molar-refractivity contribution in [2.75, 3.05) is 19.6 Å². The van der Waals surface area contributed by atoms with Crippen molar-refractivity contribution in [1.29, 1.82) is 0 Å². The lowest BCUT2D eigenvalue weighted by molar-refractivity contribution is -0.145. The van der Waals surface area contributed by atoms with E-state index in [9.17, 15) is 14.4 Å². The molecule has 29 heavy (non-hydrogen) atoms. The zero-order valence-electron chi connectivity index (χ0n) is 16.0. The molecule has 0 N–H and O–H groups in total. The van der Waals surface area contributed by atoms with Crippen molar-refractivity contribution in [1.82, 2.24) is 9.80 Å². The Hall–Kier alpha value is -2.51. The van der Waals surface area contributed by atoms with Crippen LogP contribution in [0, 0.1) is 0 Å². The van der Waals surface area contributed by atoms with Gasteiger partial charge in [0, 0.05) is 24.0 Å². The first-order valence-electron chi connectivity index (χ1n) is 9.58. The maximum Gasteiger partial charge on any atom is 0.261 e. The number of fused-ring (bicyclic) bond motifs is 1. The number of hydrogen-bond acceptors (Lipinski definition) is 4. The Morgan fingerprint density at radius 2 is 1.79 bits per heavy atom. The van der Waals surface area contributed by atoms with Crippen molar-refractivity contribution in [2.24, 2.45) is 0 Å². The molecular formula is C22H21BrN2O4. The molecule has 6 nitrogen and oxygen atoms in total. The highest BCUT2D eigenvalue weighted by Crippen LogP contribution is 2.27. The predicted octanol–water partition coefficient (Wildman–Crippen LogP) is 3.42. The molecule has 1 fully saturated rings. The van der Waals surface area contributed by atoms with E-state index in [2.05, 4.69) is 15.9 Å². The fraction of sp³-hybridized carbons (Fsp3) is 0.318. The summed E-state index contributed by atoms with van der Waals surface area (Å²) >= 11 is 3.32. The van der Waals surface area contributed by atoms with E-state index in [4.69, 9.17) is 4.74 Å². The predicted molar refractivity (Wildman–Crippen MR) is 110 cm³/mol. The highest BCUT2D eigenvalue weighted by molar-refractivity contribution is 9.10. The number of halogens is 1. The quantitative estimate of drug-likeness (QED) is 0.660. The van der Waals surface area contributed by atoms with Crippen LogP contribution in [0.5, 0.6) is 0 Å². The average molecular weight is 457 g/mol. The lowest BCUT2D eigenvalue weighted by Gasteiger charge is -2.37. The van der Waals surface area contributed by atoms with E-state index in [1.807, 2.05) is 37.3 Å². The standard InChI is InChI=1S/C22H21BrN2O4/c1-14-12-24(13-19(29-14)15-5-3-2-4-6-15)20(26)9-10-25-21(27)17-8-7-16(23)11-18(17)22(25)28/h2-8,11,14,19H,9-10,12-13H2,1H3. The van der Waals surface area contributed by atoms with Gasteiger partial charge in [0.15, 0.2) is 0 Å². The summed E-state index contributed by atoms with van der Waals surface area (Å²) in [5.41, 5.74) is 1.79.